The second kappa shape index (κ2) is 7.11. The maximum atomic E-state index is 11.6. The number of ether oxygens (including phenoxy) is 1. The molecule has 106 valence electrons. The van der Waals surface area contributed by atoms with Crippen molar-refractivity contribution in [2.24, 2.45) is 5.73 Å². The molecule has 5 heteroatoms. The number of amides is 1. The van der Waals surface area contributed by atoms with Gasteiger partial charge in [-0.15, -0.1) is 0 Å². The fraction of sp³-hybridized carbons (Fsp3) is 0.500. The zero-order valence-corrected chi connectivity index (χ0v) is 12.0. The molecule has 1 rings (SSSR count). The van der Waals surface area contributed by atoms with Gasteiger partial charge in [-0.25, -0.2) is 5.43 Å². The molecule has 4 N–H and O–H groups in total. The molecule has 5 nitrogen and oxygen atoms in total. The average Bonchev–Trinajstić information content (AvgIpc) is 2.39. The highest BCUT2D eigenvalue weighted by atomic mass is 16.5. The fourth-order valence-electron chi connectivity index (χ4n) is 1.83. The lowest BCUT2D eigenvalue weighted by Crippen LogP contribution is -2.46. The first kappa shape index (κ1) is 15.5. The Morgan fingerprint density at radius 3 is 2.63 bits per heavy atom. The van der Waals surface area contributed by atoms with Gasteiger partial charge in [0.2, 0.25) is 0 Å². The molecule has 0 saturated carbocycles. The van der Waals surface area contributed by atoms with Crippen molar-refractivity contribution in [1.82, 2.24) is 10.9 Å². The number of methoxy groups -OCH3 is 1. The van der Waals surface area contributed by atoms with Crippen molar-refractivity contribution in [3.63, 3.8) is 0 Å². The van der Waals surface area contributed by atoms with Crippen LogP contribution in [0.25, 0.3) is 0 Å². The highest BCUT2D eigenvalue weighted by molar-refractivity contribution is 5.81. The van der Waals surface area contributed by atoms with E-state index in [4.69, 9.17) is 10.5 Å². The topological polar surface area (TPSA) is 76.4 Å². The molecule has 0 aliphatic rings. The van der Waals surface area contributed by atoms with Gasteiger partial charge < -0.3 is 10.5 Å². The molecule has 1 atom stereocenters. The first-order chi connectivity index (χ1) is 8.99. The summed E-state index contributed by atoms with van der Waals surface area (Å²) in [6.45, 7) is 4.25. The van der Waals surface area contributed by atoms with Crippen molar-refractivity contribution in [3.05, 3.63) is 29.3 Å². The normalized spacial score (nSPS) is 12.3. The monoisotopic (exact) mass is 265 g/mol. The Morgan fingerprint density at radius 1 is 1.42 bits per heavy atom. The molecule has 0 saturated heterocycles. The van der Waals surface area contributed by atoms with E-state index < -0.39 is 6.04 Å². The van der Waals surface area contributed by atoms with Crippen LogP contribution in [0.2, 0.25) is 0 Å². The van der Waals surface area contributed by atoms with Crippen molar-refractivity contribution < 1.29 is 9.53 Å². The summed E-state index contributed by atoms with van der Waals surface area (Å²) >= 11 is 0. The zero-order valence-electron chi connectivity index (χ0n) is 12.0. The van der Waals surface area contributed by atoms with Crippen LogP contribution in [0.1, 0.15) is 30.9 Å². The molecule has 0 fully saturated rings. The van der Waals surface area contributed by atoms with Gasteiger partial charge in [0.1, 0.15) is 5.75 Å². The van der Waals surface area contributed by atoms with Gasteiger partial charge in [-0.05, 0) is 23.1 Å². The van der Waals surface area contributed by atoms with Crippen molar-refractivity contribution in [1.29, 1.82) is 0 Å². The number of nitrogens with two attached hydrogens (primary N) is 1. The Morgan fingerprint density at radius 2 is 2.11 bits per heavy atom. The lowest BCUT2D eigenvalue weighted by Gasteiger charge is -2.16. The minimum absolute atomic E-state index is 0.238. The third-order valence-corrected chi connectivity index (χ3v) is 3.00. The quantitative estimate of drug-likeness (QED) is 0.669. The maximum Gasteiger partial charge on any atom is 0.251 e. The number of hydrogen-bond acceptors (Lipinski definition) is 4. The number of carbonyl (C=O) groups excluding carboxylic acids is 1. The van der Waals surface area contributed by atoms with E-state index in [9.17, 15) is 4.79 Å². The molecular weight excluding hydrogens is 242 g/mol. The van der Waals surface area contributed by atoms with Crippen LogP contribution in [-0.2, 0) is 11.2 Å². The van der Waals surface area contributed by atoms with E-state index in [1.807, 2.05) is 18.2 Å². The SMILES string of the molecule is CNNC(=O)C(N)Cc1ccc(C(C)C)cc1OC. The maximum absolute atomic E-state index is 11.6. The Kier molecular flexibility index (Phi) is 5.79. The van der Waals surface area contributed by atoms with Crippen LogP contribution >= 0.6 is 0 Å². The van der Waals surface area contributed by atoms with Crippen LogP contribution in [0.5, 0.6) is 5.75 Å². The lowest BCUT2D eigenvalue weighted by molar-refractivity contribution is -0.123. The summed E-state index contributed by atoms with van der Waals surface area (Å²) in [6, 6.07) is 5.42. The number of hydrogen-bond donors (Lipinski definition) is 3. The van der Waals surface area contributed by atoms with Gasteiger partial charge in [0, 0.05) is 13.5 Å². The average molecular weight is 265 g/mol. The highest BCUT2D eigenvalue weighted by Crippen LogP contribution is 2.25. The van der Waals surface area contributed by atoms with E-state index in [1.54, 1.807) is 14.2 Å². The molecule has 1 amide bonds. The third-order valence-electron chi connectivity index (χ3n) is 3.00. The Labute approximate surface area is 114 Å². The van der Waals surface area contributed by atoms with Crippen molar-refractivity contribution in [2.75, 3.05) is 14.2 Å². The predicted molar refractivity (Wildman–Crippen MR) is 76.0 cm³/mol. The van der Waals surface area contributed by atoms with Crippen molar-refractivity contribution >= 4 is 5.91 Å². The van der Waals surface area contributed by atoms with E-state index in [0.717, 1.165) is 11.3 Å². The van der Waals surface area contributed by atoms with E-state index >= 15 is 0 Å². The predicted octanol–water partition coefficient (Wildman–Crippen LogP) is 0.939. The molecule has 0 aliphatic carbocycles. The largest absolute Gasteiger partial charge is 0.496 e. The van der Waals surface area contributed by atoms with Gasteiger partial charge in [-0.3, -0.25) is 10.2 Å². The highest BCUT2D eigenvalue weighted by Gasteiger charge is 2.16. The molecule has 0 heterocycles. The van der Waals surface area contributed by atoms with Crippen LogP contribution in [0.4, 0.5) is 0 Å². The van der Waals surface area contributed by atoms with Gasteiger partial charge in [0.05, 0.1) is 13.2 Å². The summed E-state index contributed by atoms with van der Waals surface area (Å²) in [5, 5.41) is 0. The molecule has 1 aromatic carbocycles. The van der Waals surface area contributed by atoms with Crippen LogP contribution in [0.3, 0.4) is 0 Å². The number of nitrogens with one attached hydrogen (secondary N) is 2. The summed E-state index contributed by atoms with van der Waals surface area (Å²) in [7, 11) is 3.25. The van der Waals surface area contributed by atoms with Gasteiger partial charge in [-0.1, -0.05) is 26.0 Å². The Hall–Kier alpha value is -1.59. The first-order valence-electron chi connectivity index (χ1n) is 6.38. The third kappa shape index (κ3) is 4.22. The number of benzene rings is 1. The van der Waals surface area contributed by atoms with Crippen molar-refractivity contribution in [3.8, 4) is 5.75 Å². The second-order valence-corrected chi connectivity index (χ2v) is 4.78. The van der Waals surface area contributed by atoms with Gasteiger partial charge in [0.25, 0.3) is 5.91 Å². The minimum atomic E-state index is -0.605. The van der Waals surface area contributed by atoms with E-state index in [1.165, 1.54) is 5.56 Å². The minimum Gasteiger partial charge on any atom is -0.496 e. The molecular formula is C14H23N3O2. The van der Waals surface area contributed by atoms with Crippen LogP contribution in [0, 0.1) is 0 Å². The van der Waals surface area contributed by atoms with Crippen LogP contribution in [-0.4, -0.2) is 26.1 Å². The first-order valence-corrected chi connectivity index (χ1v) is 6.38. The second-order valence-electron chi connectivity index (χ2n) is 4.78. The van der Waals surface area contributed by atoms with Crippen LogP contribution in [0.15, 0.2) is 18.2 Å². The Balaban J connectivity index is 2.86. The summed E-state index contributed by atoms with van der Waals surface area (Å²) in [4.78, 5) is 11.6. The smallest absolute Gasteiger partial charge is 0.251 e. The summed E-state index contributed by atoms with van der Waals surface area (Å²) in [5.74, 6) is 0.973. The van der Waals surface area contributed by atoms with E-state index in [-0.39, 0.29) is 5.91 Å². The van der Waals surface area contributed by atoms with Gasteiger partial charge in [-0.2, -0.15) is 0 Å². The fourth-order valence-corrected chi connectivity index (χ4v) is 1.83. The molecule has 0 aromatic heterocycles. The number of hydrazine groups is 1. The van der Waals surface area contributed by atoms with Crippen molar-refractivity contribution in [2.45, 2.75) is 32.2 Å². The molecule has 19 heavy (non-hydrogen) atoms. The molecule has 0 bridgehead atoms. The summed E-state index contributed by atoms with van der Waals surface area (Å²) in [5.41, 5.74) is 13.0. The number of carbonyl (C=O) groups is 1. The Bertz CT molecular complexity index is 433. The van der Waals surface area contributed by atoms with E-state index in [0.29, 0.717) is 12.3 Å². The summed E-state index contributed by atoms with van der Waals surface area (Å²) < 4.78 is 5.37. The zero-order chi connectivity index (χ0) is 14.4. The van der Waals surface area contributed by atoms with Gasteiger partial charge in [0.15, 0.2) is 0 Å². The molecule has 0 radical (unpaired) electrons. The van der Waals surface area contributed by atoms with Gasteiger partial charge >= 0.3 is 0 Å². The lowest BCUT2D eigenvalue weighted by atomic mass is 9.98. The molecule has 1 aromatic rings. The summed E-state index contributed by atoms with van der Waals surface area (Å²) in [6.07, 6.45) is 0.440. The van der Waals surface area contributed by atoms with Crippen LogP contribution < -0.4 is 21.3 Å². The standard InChI is InChI=1S/C14H23N3O2/c1-9(2)10-5-6-11(13(8-10)19-4)7-12(15)14(18)17-16-3/h5-6,8-9,12,16H,7,15H2,1-4H3,(H,17,18). The molecule has 1 unspecified atom stereocenters. The van der Waals surface area contributed by atoms with E-state index in [2.05, 4.69) is 24.7 Å². The molecule has 0 aliphatic heterocycles. The molecule has 0 spiro atoms. The number of rotatable bonds is 6.